The minimum Gasteiger partial charge on any atom is -0.481 e. The minimum absolute atomic E-state index is 0.00745. The monoisotopic (exact) mass is 373 g/mol. The standard InChI is InChI=1S/C19H23N3O3S/c1-19(2,10-9-17(23)24)22-18(25)21-15-7-5-6-14(12-15)13-26-16-8-3-4-11-20-16/h3-8,11-12H,9-10,13H2,1-2H3,(H,23,24)(H2,21,22,25). The quantitative estimate of drug-likeness (QED) is 0.605. The van der Waals surface area contributed by atoms with Crippen molar-refractivity contribution in [3.8, 4) is 0 Å². The number of hydrogen-bond acceptors (Lipinski definition) is 4. The molecule has 0 aliphatic rings. The first kappa shape index (κ1) is 19.8. The van der Waals surface area contributed by atoms with Crippen molar-refractivity contribution in [3.05, 3.63) is 54.2 Å². The van der Waals surface area contributed by atoms with Crippen LogP contribution >= 0.6 is 11.8 Å². The predicted octanol–water partition coefficient (Wildman–Crippen LogP) is 4.14. The third-order valence-corrected chi connectivity index (χ3v) is 4.64. The minimum atomic E-state index is -0.876. The van der Waals surface area contributed by atoms with Gasteiger partial charge in [-0.2, -0.15) is 0 Å². The van der Waals surface area contributed by atoms with Crippen molar-refractivity contribution < 1.29 is 14.7 Å². The number of carbonyl (C=O) groups excluding carboxylic acids is 1. The molecule has 0 saturated heterocycles. The van der Waals surface area contributed by atoms with Crippen LogP contribution in [0.1, 0.15) is 32.3 Å². The maximum atomic E-state index is 12.2. The van der Waals surface area contributed by atoms with Crippen LogP contribution in [0.5, 0.6) is 0 Å². The van der Waals surface area contributed by atoms with Gasteiger partial charge in [-0.3, -0.25) is 4.79 Å². The number of benzene rings is 1. The number of carboxylic acids is 1. The van der Waals surface area contributed by atoms with Crippen LogP contribution < -0.4 is 10.6 Å². The van der Waals surface area contributed by atoms with Crippen LogP contribution in [0.15, 0.2) is 53.7 Å². The molecular formula is C19H23N3O3S. The van der Waals surface area contributed by atoms with E-state index in [1.807, 2.05) is 42.5 Å². The van der Waals surface area contributed by atoms with E-state index < -0.39 is 11.5 Å². The molecular weight excluding hydrogens is 350 g/mol. The molecule has 2 amide bonds. The van der Waals surface area contributed by atoms with Gasteiger partial charge in [0.15, 0.2) is 0 Å². The highest BCUT2D eigenvalue weighted by molar-refractivity contribution is 7.98. The highest BCUT2D eigenvalue weighted by Gasteiger charge is 2.21. The molecule has 138 valence electrons. The van der Waals surface area contributed by atoms with Gasteiger partial charge < -0.3 is 15.7 Å². The molecule has 0 bridgehead atoms. The van der Waals surface area contributed by atoms with Gasteiger partial charge in [-0.25, -0.2) is 9.78 Å². The van der Waals surface area contributed by atoms with E-state index in [9.17, 15) is 9.59 Å². The Kier molecular flexibility index (Phi) is 7.03. The lowest BCUT2D eigenvalue weighted by atomic mass is 9.99. The number of thioether (sulfide) groups is 1. The second-order valence-corrected chi connectivity index (χ2v) is 7.51. The molecule has 26 heavy (non-hydrogen) atoms. The summed E-state index contributed by atoms with van der Waals surface area (Å²) < 4.78 is 0. The van der Waals surface area contributed by atoms with Crippen LogP contribution in [0.2, 0.25) is 0 Å². The Hall–Kier alpha value is -2.54. The van der Waals surface area contributed by atoms with Gasteiger partial charge in [0.05, 0.1) is 5.03 Å². The number of aliphatic carboxylic acids is 1. The van der Waals surface area contributed by atoms with Gasteiger partial charge in [0.2, 0.25) is 0 Å². The van der Waals surface area contributed by atoms with E-state index in [1.165, 1.54) is 0 Å². The number of carbonyl (C=O) groups is 2. The number of rotatable bonds is 8. The molecule has 0 aliphatic heterocycles. The Bertz CT molecular complexity index is 751. The van der Waals surface area contributed by atoms with Crippen LogP contribution in [-0.2, 0) is 10.5 Å². The third kappa shape index (κ3) is 7.14. The van der Waals surface area contributed by atoms with Crippen LogP contribution in [-0.4, -0.2) is 27.6 Å². The zero-order valence-electron chi connectivity index (χ0n) is 14.9. The van der Waals surface area contributed by atoms with E-state index in [2.05, 4.69) is 15.6 Å². The van der Waals surface area contributed by atoms with E-state index in [1.54, 1.807) is 31.8 Å². The molecule has 0 atom stereocenters. The number of pyridine rings is 1. The second-order valence-electron chi connectivity index (χ2n) is 6.51. The Morgan fingerprint density at radius 2 is 2.00 bits per heavy atom. The molecule has 2 aromatic rings. The summed E-state index contributed by atoms with van der Waals surface area (Å²) in [5.41, 5.74) is 1.16. The fourth-order valence-corrected chi connectivity index (χ4v) is 3.08. The molecule has 0 unspecified atom stereocenters. The molecule has 0 radical (unpaired) electrons. The van der Waals surface area contributed by atoms with E-state index in [-0.39, 0.29) is 12.5 Å². The Labute approximate surface area is 157 Å². The number of urea groups is 1. The van der Waals surface area contributed by atoms with Crippen LogP contribution in [0.25, 0.3) is 0 Å². The molecule has 6 nitrogen and oxygen atoms in total. The van der Waals surface area contributed by atoms with Crippen molar-refractivity contribution in [1.29, 1.82) is 0 Å². The molecule has 7 heteroatoms. The summed E-state index contributed by atoms with van der Waals surface area (Å²) in [7, 11) is 0. The van der Waals surface area contributed by atoms with Gasteiger partial charge in [-0.1, -0.05) is 18.2 Å². The summed E-state index contributed by atoms with van der Waals surface area (Å²) in [4.78, 5) is 27.1. The summed E-state index contributed by atoms with van der Waals surface area (Å²) in [5.74, 6) is -0.128. The number of nitrogens with zero attached hydrogens (tertiary/aromatic N) is 1. The maximum Gasteiger partial charge on any atom is 0.319 e. The van der Waals surface area contributed by atoms with Gasteiger partial charge in [0, 0.05) is 29.6 Å². The number of aromatic nitrogens is 1. The average Bonchev–Trinajstić information content (AvgIpc) is 2.59. The lowest BCUT2D eigenvalue weighted by molar-refractivity contribution is -0.137. The number of hydrogen-bond donors (Lipinski definition) is 3. The lowest BCUT2D eigenvalue weighted by Crippen LogP contribution is -2.45. The van der Waals surface area contributed by atoms with Crippen molar-refractivity contribution in [2.24, 2.45) is 0 Å². The predicted molar refractivity (Wildman–Crippen MR) is 103 cm³/mol. The Balaban J connectivity index is 1.89. The van der Waals surface area contributed by atoms with Crippen LogP contribution in [0, 0.1) is 0 Å². The summed E-state index contributed by atoms with van der Waals surface area (Å²) in [6.45, 7) is 3.60. The average molecular weight is 373 g/mol. The van der Waals surface area contributed by atoms with E-state index in [0.29, 0.717) is 12.1 Å². The van der Waals surface area contributed by atoms with Crippen LogP contribution in [0.3, 0.4) is 0 Å². The van der Waals surface area contributed by atoms with Crippen LogP contribution in [0.4, 0.5) is 10.5 Å². The first-order valence-corrected chi connectivity index (χ1v) is 9.26. The molecule has 1 aromatic heterocycles. The summed E-state index contributed by atoms with van der Waals surface area (Å²) in [5, 5.41) is 15.3. The molecule has 2 rings (SSSR count). The van der Waals surface area contributed by atoms with Gasteiger partial charge >= 0.3 is 12.0 Å². The van der Waals surface area contributed by atoms with Crippen molar-refractivity contribution in [3.63, 3.8) is 0 Å². The summed E-state index contributed by atoms with van der Waals surface area (Å²) in [6.07, 6.45) is 2.13. The fraction of sp³-hybridized carbons (Fsp3) is 0.316. The molecule has 0 fully saturated rings. The van der Waals surface area contributed by atoms with Gasteiger partial charge in [-0.15, -0.1) is 11.8 Å². The molecule has 3 N–H and O–H groups in total. The highest BCUT2D eigenvalue weighted by Crippen LogP contribution is 2.22. The van der Waals surface area contributed by atoms with Gasteiger partial charge in [0.1, 0.15) is 0 Å². The third-order valence-electron chi connectivity index (χ3n) is 3.63. The number of anilines is 1. The van der Waals surface area contributed by atoms with Crippen molar-refractivity contribution >= 4 is 29.4 Å². The molecule has 1 aromatic carbocycles. The summed E-state index contributed by atoms with van der Waals surface area (Å²) in [6, 6.07) is 13.1. The smallest absolute Gasteiger partial charge is 0.319 e. The summed E-state index contributed by atoms with van der Waals surface area (Å²) >= 11 is 1.63. The number of nitrogens with one attached hydrogen (secondary N) is 2. The first-order chi connectivity index (χ1) is 12.3. The van der Waals surface area contributed by atoms with E-state index in [0.717, 1.165) is 16.3 Å². The zero-order valence-corrected chi connectivity index (χ0v) is 15.7. The fourth-order valence-electron chi connectivity index (χ4n) is 2.28. The molecule has 0 spiro atoms. The maximum absolute atomic E-state index is 12.2. The lowest BCUT2D eigenvalue weighted by Gasteiger charge is -2.25. The molecule has 0 aliphatic carbocycles. The highest BCUT2D eigenvalue weighted by atomic mass is 32.2. The normalized spacial score (nSPS) is 11.0. The van der Waals surface area contributed by atoms with E-state index in [4.69, 9.17) is 5.11 Å². The number of carboxylic acid groups (broad SMARTS) is 1. The van der Waals surface area contributed by atoms with Crippen molar-refractivity contribution in [2.45, 2.75) is 43.0 Å². The Morgan fingerprint density at radius 3 is 2.69 bits per heavy atom. The van der Waals surface area contributed by atoms with Crippen molar-refractivity contribution in [2.75, 3.05) is 5.32 Å². The zero-order chi connectivity index (χ0) is 19.0. The second kappa shape index (κ2) is 9.24. The molecule has 1 heterocycles. The molecule has 0 saturated carbocycles. The largest absolute Gasteiger partial charge is 0.481 e. The van der Waals surface area contributed by atoms with E-state index >= 15 is 0 Å². The van der Waals surface area contributed by atoms with Gasteiger partial charge in [0.25, 0.3) is 0 Å². The topological polar surface area (TPSA) is 91.3 Å². The van der Waals surface area contributed by atoms with Crippen molar-refractivity contribution in [1.82, 2.24) is 10.3 Å². The van der Waals surface area contributed by atoms with Gasteiger partial charge in [-0.05, 0) is 50.1 Å². The number of amides is 2. The SMILES string of the molecule is CC(C)(CCC(=O)O)NC(=O)Nc1cccc(CSc2ccccn2)c1. The Morgan fingerprint density at radius 1 is 1.19 bits per heavy atom. The first-order valence-electron chi connectivity index (χ1n) is 8.28.